The number of carbonyl (C=O) groups excluding carboxylic acids is 1. The maximum absolute atomic E-state index is 12.4. The Morgan fingerprint density at radius 3 is 2.63 bits per heavy atom. The third kappa shape index (κ3) is 2.81. The van der Waals surface area contributed by atoms with Crippen molar-refractivity contribution in [1.82, 2.24) is 0 Å². The lowest BCUT2D eigenvalue weighted by Gasteiger charge is -2.25. The minimum absolute atomic E-state index is 0.00422. The minimum Gasteiger partial charge on any atom is -0.396 e. The molecule has 0 saturated carbocycles. The van der Waals surface area contributed by atoms with E-state index in [0.717, 1.165) is 18.5 Å². The first-order chi connectivity index (χ1) is 9.04. The summed E-state index contributed by atoms with van der Waals surface area (Å²) < 4.78 is 0. The quantitative estimate of drug-likeness (QED) is 0.904. The maximum atomic E-state index is 12.4. The molecular formula is C16H23NO2. The van der Waals surface area contributed by atoms with Crippen LogP contribution < -0.4 is 4.90 Å². The minimum atomic E-state index is -0.321. The standard InChI is InChI=1S/C16H23NO2/c1-11(2)15(10-18)16(19)17(3)14-8-7-12-5-4-6-13(12)9-14/h7-9,11,15,18H,4-6,10H2,1-3H3. The van der Waals surface area contributed by atoms with Gasteiger partial charge in [0.1, 0.15) is 0 Å². The van der Waals surface area contributed by atoms with Crippen LogP contribution in [0.3, 0.4) is 0 Å². The van der Waals surface area contributed by atoms with Crippen molar-refractivity contribution in [1.29, 1.82) is 0 Å². The highest BCUT2D eigenvalue weighted by Crippen LogP contribution is 2.27. The lowest BCUT2D eigenvalue weighted by molar-refractivity contribution is -0.124. The molecule has 1 aliphatic carbocycles. The van der Waals surface area contributed by atoms with Gasteiger partial charge in [0, 0.05) is 12.7 Å². The van der Waals surface area contributed by atoms with Gasteiger partial charge >= 0.3 is 0 Å². The van der Waals surface area contributed by atoms with Crippen LogP contribution in [0.15, 0.2) is 18.2 Å². The molecule has 2 rings (SSSR count). The summed E-state index contributed by atoms with van der Waals surface area (Å²) in [6.07, 6.45) is 3.47. The molecule has 0 saturated heterocycles. The number of rotatable bonds is 4. The zero-order chi connectivity index (χ0) is 14.0. The van der Waals surface area contributed by atoms with Crippen molar-refractivity contribution in [3.8, 4) is 0 Å². The maximum Gasteiger partial charge on any atom is 0.232 e. The molecular weight excluding hydrogens is 238 g/mol. The fraction of sp³-hybridized carbons (Fsp3) is 0.562. The molecule has 1 aromatic rings. The Morgan fingerprint density at radius 1 is 1.32 bits per heavy atom. The molecule has 0 heterocycles. The molecule has 3 heteroatoms. The van der Waals surface area contributed by atoms with E-state index < -0.39 is 0 Å². The van der Waals surface area contributed by atoms with Crippen molar-refractivity contribution < 1.29 is 9.90 Å². The topological polar surface area (TPSA) is 40.5 Å². The normalized spacial score (nSPS) is 15.4. The van der Waals surface area contributed by atoms with Gasteiger partial charge in [-0.3, -0.25) is 4.79 Å². The number of aliphatic hydroxyl groups is 1. The van der Waals surface area contributed by atoms with Crippen LogP contribution in [0, 0.1) is 11.8 Å². The van der Waals surface area contributed by atoms with Gasteiger partial charge in [0.25, 0.3) is 0 Å². The molecule has 104 valence electrons. The third-order valence-corrected chi connectivity index (χ3v) is 4.12. The Kier molecular flexibility index (Phi) is 4.25. The summed E-state index contributed by atoms with van der Waals surface area (Å²) in [4.78, 5) is 14.1. The molecule has 0 spiro atoms. The van der Waals surface area contributed by atoms with Crippen molar-refractivity contribution in [2.75, 3.05) is 18.6 Å². The Balaban J connectivity index is 2.19. The molecule has 1 N–H and O–H groups in total. The molecule has 19 heavy (non-hydrogen) atoms. The SMILES string of the molecule is CC(C)C(CO)C(=O)N(C)c1ccc2c(c1)CCC2. The number of benzene rings is 1. The lowest BCUT2D eigenvalue weighted by atomic mass is 9.95. The molecule has 0 aromatic heterocycles. The van der Waals surface area contributed by atoms with Gasteiger partial charge in [0.05, 0.1) is 12.5 Å². The van der Waals surface area contributed by atoms with E-state index in [9.17, 15) is 9.90 Å². The van der Waals surface area contributed by atoms with E-state index in [1.807, 2.05) is 19.9 Å². The van der Waals surface area contributed by atoms with Crippen LogP contribution in [0.1, 0.15) is 31.4 Å². The van der Waals surface area contributed by atoms with E-state index in [0.29, 0.717) is 0 Å². The number of fused-ring (bicyclic) bond motifs is 1. The molecule has 1 unspecified atom stereocenters. The van der Waals surface area contributed by atoms with Crippen molar-refractivity contribution in [3.63, 3.8) is 0 Å². The average Bonchev–Trinajstić information content (AvgIpc) is 2.85. The Morgan fingerprint density at radius 2 is 2.00 bits per heavy atom. The highest BCUT2D eigenvalue weighted by molar-refractivity contribution is 5.94. The summed E-state index contributed by atoms with van der Waals surface area (Å²) in [6, 6.07) is 6.26. The van der Waals surface area contributed by atoms with Gasteiger partial charge in [-0.2, -0.15) is 0 Å². The fourth-order valence-corrected chi connectivity index (χ4v) is 2.72. The Bertz CT molecular complexity index is 468. The monoisotopic (exact) mass is 261 g/mol. The number of hydrogen-bond acceptors (Lipinski definition) is 2. The molecule has 1 amide bonds. The Labute approximate surface area is 115 Å². The van der Waals surface area contributed by atoms with Gasteiger partial charge in [0.2, 0.25) is 5.91 Å². The van der Waals surface area contributed by atoms with Gasteiger partial charge in [-0.25, -0.2) is 0 Å². The molecule has 1 aromatic carbocycles. The summed E-state index contributed by atoms with van der Waals surface area (Å²) >= 11 is 0. The van der Waals surface area contributed by atoms with Crippen molar-refractivity contribution in [3.05, 3.63) is 29.3 Å². The average molecular weight is 261 g/mol. The Hall–Kier alpha value is -1.35. The first-order valence-corrected chi connectivity index (χ1v) is 7.04. The zero-order valence-corrected chi connectivity index (χ0v) is 12.0. The van der Waals surface area contributed by atoms with E-state index >= 15 is 0 Å². The third-order valence-electron chi connectivity index (χ3n) is 4.12. The predicted molar refractivity (Wildman–Crippen MR) is 77.3 cm³/mol. The lowest BCUT2D eigenvalue weighted by Crippen LogP contribution is -2.37. The number of aryl methyl sites for hydroxylation is 2. The summed E-state index contributed by atoms with van der Waals surface area (Å²) in [5.41, 5.74) is 3.71. The van der Waals surface area contributed by atoms with Crippen LogP contribution in [0.25, 0.3) is 0 Å². The van der Waals surface area contributed by atoms with Crippen LogP contribution >= 0.6 is 0 Å². The number of hydrogen-bond donors (Lipinski definition) is 1. The molecule has 0 bridgehead atoms. The number of nitrogens with zero attached hydrogens (tertiary/aromatic N) is 1. The first kappa shape index (κ1) is 14.1. The van der Waals surface area contributed by atoms with E-state index in [-0.39, 0.29) is 24.3 Å². The van der Waals surface area contributed by atoms with Crippen molar-refractivity contribution in [2.45, 2.75) is 33.1 Å². The van der Waals surface area contributed by atoms with E-state index in [1.165, 1.54) is 17.5 Å². The van der Waals surface area contributed by atoms with E-state index in [1.54, 1.807) is 11.9 Å². The molecule has 0 aliphatic heterocycles. The van der Waals surface area contributed by atoms with Crippen LogP contribution in [-0.2, 0) is 17.6 Å². The van der Waals surface area contributed by atoms with Crippen LogP contribution in [0.2, 0.25) is 0 Å². The first-order valence-electron chi connectivity index (χ1n) is 7.04. The number of amides is 1. The van der Waals surface area contributed by atoms with E-state index in [4.69, 9.17) is 0 Å². The number of anilines is 1. The highest BCUT2D eigenvalue weighted by Gasteiger charge is 2.25. The van der Waals surface area contributed by atoms with Gasteiger partial charge in [-0.15, -0.1) is 0 Å². The zero-order valence-electron chi connectivity index (χ0n) is 12.0. The smallest absolute Gasteiger partial charge is 0.232 e. The molecule has 3 nitrogen and oxygen atoms in total. The van der Waals surface area contributed by atoms with Crippen molar-refractivity contribution >= 4 is 11.6 Å². The van der Waals surface area contributed by atoms with Crippen LogP contribution in [0.5, 0.6) is 0 Å². The van der Waals surface area contributed by atoms with Gasteiger partial charge in [-0.05, 0) is 48.4 Å². The molecule has 0 radical (unpaired) electrons. The second-order valence-electron chi connectivity index (χ2n) is 5.74. The largest absolute Gasteiger partial charge is 0.396 e. The molecule has 1 aliphatic rings. The van der Waals surface area contributed by atoms with E-state index in [2.05, 4.69) is 12.1 Å². The summed E-state index contributed by atoms with van der Waals surface area (Å²) in [7, 11) is 1.80. The van der Waals surface area contributed by atoms with Crippen LogP contribution in [-0.4, -0.2) is 24.7 Å². The predicted octanol–water partition coefficient (Wildman–Crippen LogP) is 2.40. The second-order valence-corrected chi connectivity index (χ2v) is 5.74. The summed E-state index contributed by atoms with van der Waals surface area (Å²) in [5.74, 6) is -0.178. The van der Waals surface area contributed by atoms with Crippen molar-refractivity contribution in [2.24, 2.45) is 11.8 Å². The summed E-state index contributed by atoms with van der Waals surface area (Å²) in [6.45, 7) is 3.84. The number of aliphatic hydroxyl groups excluding tert-OH is 1. The summed E-state index contributed by atoms with van der Waals surface area (Å²) in [5, 5.41) is 9.37. The van der Waals surface area contributed by atoms with Gasteiger partial charge in [-0.1, -0.05) is 19.9 Å². The van der Waals surface area contributed by atoms with Gasteiger partial charge < -0.3 is 10.0 Å². The number of carbonyl (C=O) groups is 1. The second kappa shape index (κ2) is 5.74. The van der Waals surface area contributed by atoms with Crippen LogP contribution in [0.4, 0.5) is 5.69 Å². The molecule has 1 atom stereocenters. The highest BCUT2D eigenvalue weighted by atomic mass is 16.3. The van der Waals surface area contributed by atoms with Gasteiger partial charge in [0.15, 0.2) is 0 Å². The fourth-order valence-electron chi connectivity index (χ4n) is 2.72. The molecule has 0 fully saturated rings.